The zero-order chi connectivity index (χ0) is 17.6. The van der Waals surface area contributed by atoms with Crippen LogP contribution in [0.4, 0.5) is 16.6 Å². The zero-order valence-electron chi connectivity index (χ0n) is 13.5. The lowest BCUT2D eigenvalue weighted by Crippen LogP contribution is -2.14. The van der Waals surface area contributed by atoms with Crippen molar-refractivity contribution >= 4 is 33.9 Å². The lowest BCUT2D eigenvalue weighted by atomic mass is 10.2. The summed E-state index contributed by atoms with van der Waals surface area (Å²) < 4.78 is 0. The first kappa shape index (κ1) is 16.6. The van der Waals surface area contributed by atoms with Gasteiger partial charge in [0.1, 0.15) is 5.82 Å². The fourth-order valence-corrected chi connectivity index (χ4v) is 2.91. The molecule has 1 amide bonds. The Morgan fingerprint density at radius 1 is 1.32 bits per heavy atom. The van der Waals surface area contributed by atoms with Crippen LogP contribution in [0.5, 0.6) is 0 Å². The van der Waals surface area contributed by atoms with Gasteiger partial charge in [-0.1, -0.05) is 6.07 Å². The Morgan fingerprint density at radius 2 is 2.20 bits per heavy atom. The molecule has 2 aromatic heterocycles. The SMILES string of the molecule is Cc1ccnc(Nc2nc(CC(=O)Nc3cccc(C#N)c3)cs2)c1. The summed E-state index contributed by atoms with van der Waals surface area (Å²) in [4.78, 5) is 20.8. The van der Waals surface area contributed by atoms with Crippen LogP contribution < -0.4 is 10.6 Å². The Balaban J connectivity index is 1.61. The van der Waals surface area contributed by atoms with Gasteiger partial charge in [-0.05, 0) is 42.8 Å². The van der Waals surface area contributed by atoms with E-state index in [4.69, 9.17) is 5.26 Å². The van der Waals surface area contributed by atoms with Gasteiger partial charge in [0.2, 0.25) is 5.91 Å². The van der Waals surface area contributed by atoms with Gasteiger partial charge in [0.25, 0.3) is 0 Å². The molecular weight excluding hydrogens is 334 g/mol. The molecule has 1 aromatic carbocycles. The maximum Gasteiger partial charge on any atom is 0.230 e. The molecule has 0 saturated carbocycles. The van der Waals surface area contributed by atoms with Gasteiger partial charge >= 0.3 is 0 Å². The summed E-state index contributed by atoms with van der Waals surface area (Å²) in [6.07, 6.45) is 1.89. The van der Waals surface area contributed by atoms with Gasteiger partial charge in [-0.2, -0.15) is 5.26 Å². The van der Waals surface area contributed by atoms with Crippen molar-refractivity contribution in [3.63, 3.8) is 0 Å². The van der Waals surface area contributed by atoms with Gasteiger partial charge in [-0.3, -0.25) is 4.79 Å². The molecule has 0 saturated heterocycles. The van der Waals surface area contributed by atoms with Crippen LogP contribution in [0.1, 0.15) is 16.8 Å². The van der Waals surface area contributed by atoms with Crippen molar-refractivity contribution in [1.82, 2.24) is 9.97 Å². The molecule has 3 rings (SSSR count). The normalized spacial score (nSPS) is 10.1. The highest BCUT2D eigenvalue weighted by molar-refractivity contribution is 7.13. The average Bonchev–Trinajstić information content (AvgIpc) is 3.01. The van der Waals surface area contributed by atoms with Crippen molar-refractivity contribution in [2.24, 2.45) is 0 Å². The number of thiazole rings is 1. The van der Waals surface area contributed by atoms with Gasteiger partial charge in [-0.25, -0.2) is 9.97 Å². The zero-order valence-corrected chi connectivity index (χ0v) is 14.3. The highest BCUT2D eigenvalue weighted by atomic mass is 32.1. The Labute approximate surface area is 149 Å². The standard InChI is InChI=1S/C18H15N5OS/c1-12-5-6-20-16(7-12)23-18-22-15(11-25-18)9-17(24)21-14-4-2-3-13(8-14)10-19/h2-8,11H,9H2,1H3,(H,21,24)(H,20,22,23). The number of carbonyl (C=O) groups is 1. The van der Waals surface area contributed by atoms with Crippen molar-refractivity contribution in [3.8, 4) is 6.07 Å². The van der Waals surface area contributed by atoms with E-state index in [2.05, 4.69) is 20.6 Å². The largest absolute Gasteiger partial charge is 0.326 e. The Morgan fingerprint density at radius 3 is 3.00 bits per heavy atom. The van der Waals surface area contributed by atoms with Crippen molar-refractivity contribution in [1.29, 1.82) is 5.26 Å². The number of hydrogen-bond donors (Lipinski definition) is 2. The molecule has 0 aliphatic rings. The van der Waals surface area contributed by atoms with Gasteiger partial charge in [-0.15, -0.1) is 11.3 Å². The molecule has 25 heavy (non-hydrogen) atoms. The number of nitrogens with zero attached hydrogens (tertiary/aromatic N) is 3. The number of nitrogens with one attached hydrogen (secondary N) is 2. The Hall–Kier alpha value is -3.24. The van der Waals surface area contributed by atoms with E-state index in [0.717, 1.165) is 11.4 Å². The van der Waals surface area contributed by atoms with Crippen LogP contribution in [0.15, 0.2) is 48.0 Å². The maximum absolute atomic E-state index is 12.1. The van der Waals surface area contributed by atoms with Crippen molar-refractivity contribution < 1.29 is 4.79 Å². The minimum absolute atomic E-state index is 0.163. The number of amides is 1. The number of aryl methyl sites for hydroxylation is 1. The predicted octanol–water partition coefficient (Wildman–Crippen LogP) is 3.64. The third-order valence-corrected chi connectivity index (χ3v) is 4.13. The van der Waals surface area contributed by atoms with E-state index in [1.807, 2.05) is 30.5 Å². The summed E-state index contributed by atoms with van der Waals surface area (Å²) in [5, 5.41) is 17.3. The average molecular weight is 349 g/mol. The molecule has 0 aliphatic carbocycles. The lowest BCUT2D eigenvalue weighted by Gasteiger charge is -2.04. The fraction of sp³-hybridized carbons (Fsp3) is 0.111. The number of nitriles is 1. The summed E-state index contributed by atoms with van der Waals surface area (Å²) >= 11 is 1.42. The van der Waals surface area contributed by atoms with Crippen LogP contribution in [0.25, 0.3) is 0 Å². The predicted molar refractivity (Wildman–Crippen MR) is 97.9 cm³/mol. The highest BCUT2D eigenvalue weighted by Crippen LogP contribution is 2.20. The highest BCUT2D eigenvalue weighted by Gasteiger charge is 2.09. The van der Waals surface area contributed by atoms with E-state index < -0.39 is 0 Å². The summed E-state index contributed by atoms with van der Waals surface area (Å²) in [7, 11) is 0. The van der Waals surface area contributed by atoms with Crippen LogP contribution in [0.2, 0.25) is 0 Å². The molecule has 3 aromatic rings. The van der Waals surface area contributed by atoms with Crippen LogP contribution in [-0.2, 0) is 11.2 Å². The third-order valence-electron chi connectivity index (χ3n) is 3.32. The molecule has 6 nitrogen and oxygen atoms in total. The monoisotopic (exact) mass is 349 g/mol. The second-order valence-corrected chi connectivity index (χ2v) is 6.26. The molecule has 0 fully saturated rings. The lowest BCUT2D eigenvalue weighted by molar-refractivity contribution is -0.115. The van der Waals surface area contributed by atoms with Crippen LogP contribution in [0.3, 0.4) is 0 Å². The molecule has 7 heteroatoms. The van der Waals surface area contributed by atoms with Gasteiger partial charge < -0.3 is 10.6 Å². The number of rotatable bonds is 5. The van der Waals surface area contributed by atoms with E-state index in [1.165, 1.54) is 11.3 Å². The molecule has 0 bridgehead atoms. The minimum Gasteiger partial charge on any atom is -0.326 e. The van der Waals surface area contributed by atoms with E-state index in [-0.39, 0.29) is 12.3 Å². The molecule has 124 valence electrons. The van der Waals surface area contributed by atoms with E-state index in [9.17, 15) is 4.79 Å². The molecule has 0 unspecified atom stereocenters. The van der Waals surface area contributed by atoms with E-state index in [0.29, 0.717) is 22.1 Å². The van der Waals surface area contributed by atoms with Crippen molar-refractivity contribution in [2.75, 3.05) is 10.6 Å². The van der Waals surface area contributed by atoms with Gasteiger partial charge in [0.15, 0.2) is 5.13 Å². The Kier molecular flexibility index (Phi) is 5.02. The first-order valence-electron chi connectivity index (χ1n) is 7.56. The Bertz CT molecular complexity index is 944. The molecular formula is C18H15N5OS. The van der Waals surface area contributed by atoms with E-state index in [1.54, 1.807) is 30.5 Å². The minimum atomic E-state index is -0.180. The van der Waals surface area contributed by atoms with Gasteiger partial charge in [0, 0.05) is 17.3 Å². The van der Waals surface area contributed by atoms with Gasteiger partial charge in [0.05, 0.1) is 23.7 Å². The molecule has 2 heterocycles. The first-order chi connectivity index (χ1) is 12.1. The molecule has 2 N–H and O–H groups in total. The topological polar surface area (TPSA) is 90.7 Å². The molecule has 0 aliphatic heterocycles. The van der Waals surface area contributed by atoms with Crippen LogP contribution >= 0.6 is 11.3 Å². The molecule has 0 radical (unpaired) electrons. The van der Waals surface area contributed by atoms with Crippen molar-refractivity contribution in [2.45, 2.75) is 13.3 Å². The summed E-state index contributed by atoms with van der Waals surface area (Å²) in [6, 6.07) is 12.7. The maximum atomic E-state index is 12.1. The number of aromatic nitrogens is 2. The van der Waals surface area contributed by atoms with Crippen LogP contribution in [0, 0.1) is 18.3 Å². The van der Waals surface area contributed by atoms with Crippen LogP contribution in [-0.4, -0.2) is 15.9 Å². The number of hydrogen-bond acceptors (Lipinski definition) is 6. The smallest absolute Gasteiger partial charge is 0.230 e. The van der Waals surface area contributed by atoms with E-state index >= 15 is 0 Å². The summed E-state index contributed by atoms with van der Waals surface area (Å²) in [6.45, 7) is 1.99. The number of benzene rings is 1. The quantitative estimate of drug-likeness (QED) is 0.734. The first-order valence-corrected chi connectivity index (χ1v) is 8.44. The number of pyridine rings is 1. The second-order valence-electron chi connectivity index (χ2n) is 5.40. The summed E-state index contributed by atoms with van der Waals surface area (Å²) in [5.74, 6) is 0.541. The molecule has 0 spiro atoms. The van der Waals surface area contributed by atoms with Crippen molar-refractivity contribution in [3.05, 3.63) is 64.8 Å². The third kappa shape index (κ3) is 4.62. The fourth-order valence-electron chi connectivity index (χ4n) is 2.20. The number of carbonyl (C=O) groups excluding carboxylic acids is 1. The summed E-state index contributed by atoms with van der Waals surface area (Å²) in [5.41, 5.74) is 2.88. The molecule has 0 atom stereocenters. The number of anilines is 3. The second kappa shape index (κ2) is 7.55.